The van der Waals surface area contributed by atoms with Crippen LogP contribution in [-0.2, 0) is 11.3 Å². The van der Waals surface area contributed by atoms with Crippen molar-refractivity contribution in [2.75, 3.05) is 17.5 Å². The molecule has 2 N–H and O–H groups in total. The summed E-state index contributed by atoms with van der Waals surface area (Å²) >= 11 is -2.34. The molecule has 1 unspecified atom stereocenters. The van der Waals surface area contributed by atoms with Gasteiger partial charge in [-0.1, -0.05) is 48.5 Å². The number of aromatic carboxylic acids is 1. The minimum Gasteiger partial charge on any atom is -0.490 e. The highest BCUT2D eigenvalue weighted by molar-refractivity contribution is 7.81. The summed E-state index contributed by atoms with van der Waals surface area (Å²) in [6.07, 6.45) is 0. The van der Waals surface area contributed by atoms with E-state index in [0.717, 1.165) is 10.8 Å². The minimum absolute atomic E-state index is 0.179. The highest BCUT2D eigenvalue weighted by Crippen LogP contribution is 2.38. The van der Waals surface area contributed by atoms with E-state index >= 15 is 0 Å². The molecule has 4 rings (SSSR count). The van der Waals surface area contributed by atoms with Crippen LogP contribution in [0.4, 0.5) is 11.4 Å². The number of anilines is 2. The quantitative estimate of drug-likeness (QED) is 0.259. The molecular formula is C25H21NO6S. The van der Waals surface area contributed by atoms with E-state index in [-0.39, 0.29) is 18.8 Å². The van der Waals surface area contributed by atoms with Gasteiger partial charge in [0, 0.05) is 5.39 Å². The van der Waals surface area contributed by atoms with Crippen molar-refractivity contribution in [1.29, 1.82) is 0 Å². The SMILES string of the molecule is O=C(O)c1ccc(OCCOc2ccccc2N(c2cccc3ccccc23)S(=O)O)cc1. The molecule has 0 aliphatic heterocycles. The van der Waals surface area contributed by atoms with Crippen LogP contribution in [0.2, 0.25) is 0 Å². The molecule has 0 aromatic heterocycles. The smallest absolute Gasteiger partial charge is 0.335 e. The predicted octanol–water partition coefficient (Wildman–Crippen LogP) is 5.27. The lowest BCUT2D eigenvalue weighted by Gasteiger charge is -2.24. The number of carboxylic acid groups (broad SMARTS) is 1. The molecule has 8 heteroatoms. The van der Waals surface area contributed by atoms with Crippen molar-refractivity contribution in [3.8, 4) is 11.5 Å². The van der Waals surface area contributed by atoms with Gasteiger partial charge in [0.2, 0.25) is 0 Å². The van der Waals surface area contributed by atoms with Gasteiger partial charge in [0.05, 0.1) is 16.9 Å². The van der Waals surface area contributed by atoms with Gasteiger partial charge in [-0.05, 0) is 47.9 Å². The average molecular weight is 464 g/mol. The number of benzene rings is 4. The van der Waals surface area contributed by atoms with Crippen molar-refractivity contribution in [3.63, 3.8) is 0 Å². The predicted molar refractivity (Wildman–Crippen MR) is 128 cm³/mol. The highest BCUT2D eigenvalue weighted by atomic mass is 32.2. The molecule has 4 aromatic rings. The molecular weight excluding hydrogens is 442 g/mol. The number of carboxylic acids is 1. The van der Waals surface area contributed by atoms with Crippen LogP contribution in [0.25, 0.3) is 10.8 Å². The number of hydrogen-bond acceptors (Lipinski definition) is 4. The molecule has 1 atom stereocenters. The zero-order valence-corrected chi connectivity index (χ0v) is 18.3. The van der Waals surface area contributed by atoms with Crippen molar-refractivity contribution in [1.82, 2.24) is 0 Å². The number of hydrogen-bond donors (Lipinski definition) is 2. The second kappa shape index (κ2) is 10.2. The standard InChI is InChI=1S/C25H21NO6S/c27-25(28)19-12-14-20(15-13-19)31-16-17-32-24-11-4-3-9-23(24)26(33(29)30)22-10-5-7-18-6-1-2-8-21(18)22/h1-15H,16-17H2,(H,27,28)(H,29,30). The van der Waals surface area contributed by atoms with Crippen LogP contribution >= 0.6 is 0 Å². The van der Waals surface area contributed by atoms with Crippen LogP contribution < -0.4 is 13.8 Å². The minimum atomic E-state index is -2.34. The summed E-state index contributed by atoms with van der Waals surface area (Å²) in [6.45, 7) is 0.385. The van der Waals surface area contributed by atoms with E-state index < -0.39 is 17.2 Å². The zero-order chi connectivity index (χ0) is 23.2. The third kappa shape index (κ3) is 5.14. The Kier molecular flexibility index (Phi) is 6.87. The first-order valence-electron chi connectivity index (χ1n) is 10.1. The average Bonchev–Trinajstić information content (AvgIpc) is 2.83. The van der Waals surface area contributed by atoms with Crippen molar-refractivity contribution in [3.05, 3.63) is 96.6 Å². The highest BCUT2D eigenvalue weighted by Gasteiger charge is 2.21. The van der Waals surface area contributed by atoms with Gasteiger partial charge < -0.3 is 14.6 Å². The first kappa shape index (κ1) is 22.3. The van der Waals surface area contributed by atoms with Gasteiger partial charge in [-0.25, -0.2) is 13.3 Å². The van der Waals surface area contributed by atoms with Crippen LogP contribution in [0.1, 0.15) is 10.4 Å². The lowest BCUT2D eigenvalue weighted by Crippen LogP contribution is -2.21. The fraction of sp³-hybridized carbons (Fsp3) is 0.0800. The molecule has 0 amide bonds. The van der Waals surface area contributed by atoms with Gasteiger partial charge in [-0.2, -0.15) is 0 Å². The van der Waals surface area contributed by atoms with Gasteiger partial charge in [0.1, 0.15) is 24.7 Å². The van der Waals surface area contributed by atoms with Crippen molar-refractivity contribution >= 4 is 39.4 Å². The number of fused-ring (bicyclic) bond motifs is 1. The van der Waals surface area contributed by atoms with Gasteiger partial charge >= 0.3 is 5.97 Å². The third-order valence-electron chi connectivity index (χ3n) is 4.94. The summed E-state index contributed by atoms with van der Waals surface area (Å²) in [5.41, 5.74) is 1.21. The number of nitrogens with zero attached hydrogens (tertiary/aromatic N) is 1. The van der Waals surface area contributed by atoms with Gasteiger partial charge in [-0.15, -0.1) is 0 Å². The maximum absolute atomic E-state index is 12.4. The Hall–Kier alpha value is -3.88. The first-order valence-corrected chi connectivity index (χ1v) is 11.2. The Morgan fingerprint density at radius 2 is 1.42 bits per heavy atom. The molecule has 0 saturated heterocycles. The molecule has 7 nitrogen and oxygen atoms in total. The van der Waals surface area contributed by atoms with Crippen molar-refractivity contribution < 1.29 is 28.1 Å². The van der Waals surface area contributed by atoms with E-state index in [1.54, 1.807) is 42.5 Å². The van der Waals surface area contributed by atoms with E-state index in [0.29, 0.717) is 22.9 Å². The number of ether oxygens (including phenoxy) is 2. The normalized spacial score (nSPS) is 11.7. The maximum Gasteiger partial charge on any atom is 0.335 e. The third-order valence-corrected chi connectivity index (χ3v) is 5.64. The summed E-state index contributed by atoms with van der Waals surface area (Å²) < 4.78 is 35.4. The van der Waals surface area contributed by atoms with Gasteiger partial charge in [0.25, 0.3) is 11.3 Å². The molecule has 0 aliphatic carbocycles. The molecule has 0 heterocycles. The van der Waals surface area contributed by atoms with E-state index in [1.165, 1.54) is 16.4 Å². The molecule has 0 aliphatic rings. The number of rotatable bonds is 9. The molecule has 4 aromatic carbocycles. The Bertz CT molecular complexity index is 1290. The molecule has 0 fully saturated rings. The maximum atomic E-state index is 12.4. The van der Waals surface area contributed by atoms with Crippen LogP contribution in [0.5, 0.6) is 11.5 Å². The molecule has 0 radical (unpaired) electrons. The second-order valence-electron chi connectivity index (χ2n) is 7.02. The summed E-state index contributed by atoms with van der Waals surface area (Å²) in [5, 5.41) is 10.8. The van der Waals surface area contributed by atoms with Crippen molar-refractivity contribution in [2.45, 2.75) is 0 Å². The van der Waals surface area contributed by atoms with Gasteiger partial charge in [-0.3, -0.25) is 4.55 Å². The summed E-state index contributed by atoms with van der Waals surface area (Å²) in [6, 6.07) is 26.3. The molecule has 0 spiro atoms. The van der Waals surface area contributed by atoms with Crippen LogP contribution in [-0.4, -0.2) is 33.1 Å². The molecule has 0 bridgehead atoms. The summed E-state index contributed by atoms with van der Waals surface area (Å²) in [5.74, 6) is -0.0538. The fourth-order valence-corrected chi connectivity index (χ4v) is 4.08. The van der Waals surface area contributed by atoms with Gasteiger partial charge in [0.15, 0.2) is 0 Å². The largest absolute Gasteiger partial charge is 0.490 e. The van der Waals surface area contributed by atoms with E-state index in [1.807, 2.05) is 36.4 Å². The summed E-state index contributed by atoms with van der Waals surface area (Å²) in [4.78, 5) is 10.9. The molecule has 168 valence electrons. The lowest BCUT2D eigenvalue weighted by atomic mass is 10.1. The molecule has 0 saturated carbocycles. The van der Waals surface area contributed by atoms with E-state index in [9.17, 15) is 13.6 Å². The number of para-hydroxylation sites is 2. The second-order valence-corrected chi connectivity index (χ2v) is 7.84. The van der Waals surface area contributed by atoms with Crippen LogP contribution in [0, 0.1) is 0 Å². The topological polar surface area (TPSA) is 96.3 Å². The Balaban J connectivity index is 1.52. The first-order chi connectivity index (χ1) is 16.0. The summed E-state index contributed by atoms with van der Waals surface area (Å²) in [7, 11) is 0. The Morgan fingerprint density at radius 3 is 2.18 bits per heavy atom. The van der Waals surface area contributed by atoms with E-state index in [4.69, 9.17) is 14.6 Å². The number of carbonyl (C=O) groups is 1. The monoisotopic (exact) mass is 463 g/mol. The Labute approximate surface area is 193 Å². The fourth-order valence-electron chi connectivity index (χ4n) is 3.44. The Morgan fingerprint density at radius 1 is 0.788 bits per heavy atom. The molecule has 33 heavy (non-hydrogen) atoms. The van der Waals surface area contributed by atoms with Crippen LogP contribution in [0.3, 0.4) is 0 Å². The van der Waals surface area contributed by atoms with Crippen molar-refractivity contribution in [2.24, 2.45) is 0 Å². The van der Waals surface area contributed by atoms with Crippen LogP contribution in [0.15, 0.2) is 91.0 Å². The zero-order valence-electron chi connectivity index (χ0n) is 17.5. The lowest BCUT2D eigenvalue weighted by molar-refractivity contribution is 0.0697. The van der Waals surface area contributed by atoms with E-state index in [2.05, 4.69) is 0 Å².